The van der Waals surface area contributed by atoms with Crippen LogP contribution >= 0.6 is 11.8 Å². The van der Waals surface area contributed by atoms with Crippen molar-refractivity contribution in [2.75, 3.05) is 20.1 Å². The van der Waals surface area contributed by atoms with Crippen molar-refractivity contribution in [1.29, 1.82) is 0 Å². The minimum Gasteiger partial charge on any atom is -0.356 e. The predicted octanol–water partition coefficient (Wildman–Crippen LogP) is 3.32. The fraction of sp³-hybridized carbons (Fsp3) is 0.619. The second kappa shape index (κ2) is 10.0. The normalized spacial score (nSPS) is 19.4. The zero-order valence-electron chi connectivity index (χ0n) is 16.3. The fourth-order valence-corrected chi connectivity index (χ4v) is 4.74. The van der Waals surface area contributed by atoms with Crippen LogP contribution in [0.4, 0.5) is 0 Å². The third kappa shape index (κ3) is 6.76. The average molecular weight is 389 g/mol. The molecule has 2 aliphatic rings. The van der Waals surface area contributed by atoms with E-state index in [-0.39, 0.29) is 10.7 Å². The highest BCUT2D eigenvalue weighted by atomic mass is 32.2. The van der Waals surface area contributed by atoms with Gasteiger partial charge in [-0.15, -0.1) is 11.8 Å². The van der Waals surface area contributed by atoms with E-state index in [1.807, 2.05) is 11.8 Å². The topological polar surface area (TPSA) is 65.5 Å². The van der Waals surface area contributed by atoms with Crippen LogP contribution in [0.25, 0.3) is 0 Å². The summed E-state index contributed by atoms with van der Waals surface area (Å²) in [5.41, 5.74) is 0. The molecule has 0 heterocycles. The van der Waals surface area contributed by atoms with Crippen molar-refractivity contribution in [1.82, 2.24) is 16.0 Å². The number of aliphatic imine (C=N–C) groups is 1. The molecule has 2 aliphatic carbocycles. The van der Waals surface area contributed by atoms with Gasteiger partial charge >= 0.3 is 0 Å². The monoisotopic (exact) mass is 388 g/mol. The Morgan fingerprint density at radius 3 is 2.56 bits per heavy atom. The van der Waals surface area contributed by atoms with Crippen molar-refractivity contribution < 1.29 is 4.79 Å². The van der Waals surface area contributed by atoms with Crippen LogP contribution in [-0.2, 0) is 4.79 Å². The van der Waals surface area contributed by atoms with Crippen molar-refractivity contribution in [3.05, 3.63) is 30.3 Å². The largest absolute Gasteiger partial charge is 0.356 e. The summed E-state index contributed by atoms with van der Waals surface area (Å²) in [6, 6.07) is 11.0. The van der Waals surface area contributed by atoms with E-state index in [2.05, 4.69) is 51.3 Å². The Labute approximate surface area is 167 Å². The first-order valence-electron chi connectivity index (χ1n) is 10.2. The molecule has 0 atom stereocenters. The maximum absolute atomic E-state index is 12.1. The van der Waals surface area contributed by atoms with E-state index in [0.717, 1.165) is 25.3 Å². The summed E-state index contributed by atoms with van der Waals surface area (Å²) >= 11 is 1.95. The number of hydrogen-bond acceptors (Lipinski definition) is 3. The van der Waals surface area contributed by atoms with Crippen molar-refractivity contribution >= 4 is 23.6 Å². The zero-order valence-corrected chi connectivity index (χ0v) is 17.1. The number of nitrogens with zero attached hydrogens (tertiary/aromatic N) is 1. The molecule has 3 rings (SSSR count). The molecule has 3 N–H and O–H groups in total. The van der Waals surface area contributed by atoms with Gasteiger partial charge in [0.15, 0.2) is 5.96 Å². The molecule has 1 aromatic carbocycles. The van der Waals surface area contributed by atoms with E-state index in [1.54, 1.807) is 7.05 Å². The van der Waals surface area contributed by atoms with Crippen molar-refractivity contribution in [2.45, 2.75) is 67.1 Å². The molecule has 27 heavy (non-hydrogen) atoms. The van der Waals surface area contributed by atoms with Gasteiger partial charge in [-0.1, -0.05) is 37.5 Å². The molecule has 1 amide bonds. The van der Waals surface area contributed by atoms with Crippen LogP contribution in [0.1, 0.15) is 51.4 Å². The lowest BCUT2D eigenvalue weighted by Crippen LogP contribution is -2.43. The van der Waals surface area contributed by atoms with Crippen LogP contribution in [0.15, 0.2) is 40.2 Å². The third-order valence-corrected chi connectivity index (χ3v) is 6.80. The van der Waals surface area contributed by atoms with Gasteiger partial charge in [0.05, 0.1) is 0 Å². The quantitative estimate of drug-likeness (QED) is 0.472. The number of thioether (sulfide) groups is 1. The Morgan fingerprint density at radius 2 is 1.89 bits per heavy atom. The first kappa shape index (κ1) is 20.1. The number of carbonyl (C=O) groups excluding carboxylic acids is 1. The first-order valence-corrected chi connectivity index (χ1v) is 11.0. The van der Waals surface area contributed by atoms with Crippen molar-refractivity contribution in [2.24, 2.45) is 4.99 Å². The van der Waals surface area contributed by atoms with Crippen LogP contribution in [0.3, 0.4) is 0 Å². The molecule has 2 saturated carbocycles. The number of benzene rings is 1. The molecule has 0 unspecified atom stereocenters. The Balaban J connectivity index is 1.34. The molecule has 0 bridgehead atoms. The minimum atomic E-state index is 0.142. The summed E-state index contributed by atoms with van der Waals surface area (Å²) in [5, 5.41) is 9.87. The van der Waals surface area contributed by atoms with Gasteiger partial charge in [-0.05, 0) is 37.8 Å². The predicted molar refractivity (Wildman–Crippen MR) is 113 cm³/mol. The highest BCUT2D eigenvalue weighted by molar-refractivity contribution is 8.01. The Kier molecular flexibility index (Phi) is 7.44. The molecule has 0 spiro atoms. The highest BCUT2D eigenvalue weighted by Gasteiger charge is 2.43. The fourth-order valence-electron chi connectivity index (χ4n) is 3.50. The van der Waals surface area contributed by atoms with Crippen LogP contribution in [-0.4, -0.2) is 42.8 Å². The van der Waals surface area contributed by atoms with Crippen LogP contribution in [0, 0.1) is 0 Å². The number of carbonyl (C=O) groups is 1. The second-order valence-electron chi connectivity index (χ2n) is 7.60. The van der Waals surface area contributed by atoms with E-state index >= 15 is 0 Å². The number of amides is 1. The first-order chi connectivity index (χ1) is 13.2. The summed E-state index contributed by atoms with van der Waals surface area (Å²) in [6.07, 6.45) is 8.97. The number of hydrogen-bond donors (Lipinski definition) is 3. The van der Waals surface area contributed by atoms with Crippen LogP contribution < -0.4 is 16.0 Å². The average Bonchev–Trinajstić information content (AvgIpc) is 3.45. The van der Waals surface area contributed by atoms with E-state index in [9.17, 15) is 4.79 Å². The maximum atomic E-state index is 12.1. The lowest BCUT2D eigenvalue weighted by Gasteiger charge is -2.23. The zero-order chi connectivity index (χ0) is 19.0. The number of guanidine groups is 1. The Bertz CT molecular complexity index is 624. The van der Waals surface area contributed by atoms with Crippen LogP contribution in [0.2, 0.25) is 0 Å². The lowest BCUT2D eigenvalue weighted by atomic mass is 9.95. The minimum absolute atomic E-state index is 0.142. The van der Waals surface area contributed by atoms with E-state index < -0.39 is 0 Å². The van der Waals surface area contributed by atoms with Crippen molar-refractivity contribution in [3.8, 4) is 0 Å². The maximum Gasteiger partial charge on any atom is 0.221 e. The van der Waals surface area contributed by atoms with Crippen LogP contribution in [0.5, 0.6) is 0 Å². The summed E-state index contributed by atoms with van der Waals surface area (Å²) in [6.45, 7) is 1.50. The smallest absolute Gasteiger partial charge is 0.221 e. The third-order valence-electron chi connectivity index (χ3n) is 5.30. The molecule has 2 fully saturated rings. The van der Waals surface area contributed by atoms with Crippen molar-refractivity contribution in [3.63, 3.8) is 0 Å². The van der Waals surface area contributed by atoms with E-state index in [1.165, 1.54) is 37.0 Å². The van der Waals surface area contributed by atoms with Gasteiger partial charge in [-0.2, -0.15) is 0 Å². The molecule has 148 valence electrons. The van der Waals surface area contributed by atoms with Gasteiger partial charge in [0.2, 0.25) is 5.91 Å². The molecule has 0 aromatic heterocycles. The molecular formula is C21H32N4OS. The van der Waals surface area contributed by atoms with E-state index in [4.69, 9.17) is 0 Å². The summed E-state index contributed by atoms with van der Waals surface area (Å²) < 4.78 is 0.275. The molecule has 6 heteroatoms. The SMILES string of the molecule is CN=C(NCCC(=O)NC1CCCCC1)NCC1(Sc2ccccc2)CC1. The number of nitrogens with one attached hydrogen (secondary N) is 3. The van der Waals surface area contributed by atoms with Gasteiger partial charge in [0.1, 0.15) is 0 Å². The molecule has 0 saturated heterocycles. The Morgan fingerprint density at radius 1 is 1.15 bits per heavy atom. The van der Waals surface area contributed by atoms with Gasteiger partial charge in [0.25, 0.3) is 0 Å². The van der Waals surface area contributed by atoms with Gasteiger partial charge in [0, 0.05) is 42.2 Å². The number of rotatable bonds is 8. The second-order valence-corrected chi connectivity index (χ2v) is 9.14. The Hall–Kier alpha value is -1.69. The van der Waals surface area contributed by atoms with Gasteiger partial charge in [-0.3, -0.25) is 9.79 Å². The summed E-state index contributed by atoms with van der Waals surface area (Å²) in [7, 11) is 1.78. The summed E-state index contributed by atoms with van der Waals surface area (Å²) in [5.74, 6) is 0.920. The molecule has 1 aromatic rings. The highest BCUT2D eigenvalue weighted by Crippen LogP contribution is 2.51. The molecule has 0 aliphatic heterocycles. The van der Waals surface area contributed by atoms with Gasteiger partial charge in [-0.25, -0.2) is 0 Å². The molecular weight excluding hydrogens is 356 g/mol. The molecule has 5 nitrogen and oxygen atoms in total. The lowest BCUT2D eigenvalue weighted by molar-refractivity contribution is -0.121. The van der Waals surface area contributed by atoms with Gasteiger partial charge < -0.3 is 16.0 Å². The standard InChI is InChI=1S/C21H32N4OS/c1-22-20(23-15-12-19(26)25-17-8-4-2-5-9-17)24-16-21(13-14-21)27-18-10-6-3-7-11-18/h3,6-7,10-11,17H,2,4-5,8-9,12-16H2,1H3,(H,25,26)(H2,22,23,24). The summed E-state index contributed by atoms with van der Waals surface area (Å²) in [4.78, 5) is 17.7. The molecule has 0 radical (unpaired) electrons. The van der Waals surface area contributed by atoms with E-state index in [0.29, 0.717) is 19.0 Å².